The number of nitrogens with zero attached hydrogens (tertiary/aromatic N) is 1. The van der Waals surface area contributed by atoms with Gasteiger partial charge in [0.2, 0.25) is 0 Å². The number of ether oxygens (including phenoxy) is 2. The quantitative estimate of drug-likeness (QED) is 0.842. The van der Waals surface area contributed by atoms with Gasteiger partial charge in [-0.3, -0.25) is 4.90 Å². The molecule has 0 aromatic heterocycles. The molecule has 1 aromatic rings. The number of hydrogen-bond acceptors (Lipinski definition) is 4. The van der Waals surface area contributed by atoms with E-state index in [4.69, 9.17) is 9.47 Å². The second-order valence-electron chi connectivity index (χ2n) is 6.15. The summed E-state index contributed by atoms with van der Waals surface area (Å²) in [5.41, 5.74) is 1.87. The van der Waals surface area contributed by atoms with Crippen LogP contribution < -0.4 is 10.1 Å². The highest BCUT2D eigenvalue weighted by atomic mass is 16.5. The second-order valence-corrected chi connectivity index (χ2v) is 6.15. The van der Waals surface area contributed by atoms with Crippen molar-refractivity contribution in [2.24, 2.45) is 5.92 Å². The average molecular weight is 332 g/mol. The number of allylic oxidation sites excluding steroid dienone is 1. The van der Waals surface area contributed by atoms with Gasteiger partial charge in [0, 0.05) is 12.2 Å². The van der Waals surface area contributed by atoms with Gasteiger partial charge in [-0.1, -0.05) is 26.0 Å². The van der Waals surface area contributed by atoms with Crippen molar-refractivity contribution in [3.05, 3.63) is 41.1 Å². The van der Waals surface area contributed by atoms with Crippen molar-refractivity contribution in [2.75, 3.05) is 20.8 Å². The van der Waals surface area contributed by atoms with Crippen LogP contribution in [0.25, 0.3) is 0 Å². The molecule has 0 radical (unpaired) electrons. The van der Waals surface area contributed by atoms with Gasteiger partial charge in [-0.15, -0.1) is 0 Å². The molecular formula is C18H24N2O4. The number of benzene rings is 1. The Balaban J connectivity index is 2.47. The third kappa shape index (κ3) is 3.53. The maximum atomic E-state index is 12.5. The van der Waals surface area contributed by atoms with Crippen LogP contribution in [-0.4, -0.2) is 37.7 Å². The lowest BCUT2D eigenvalue weighted by Crippen LogP contribution is -2.49. The molecule has 0 saturated heterocycles. The van der Waals surface area contributed by atoms with Crippen molar-refractivity contribution in [1.29, 1.82) is 0 Å². The third-order valence-electron chi connectivity index (χ3n) is 4.00. The molecule has 1 aliphatic heterocycles. The van der Waals surface area contributed by atoms with Gasteiger partial charge in [0.15, 0.2) is 0 Å². The highest BCUT2D eigenvalue weighted by Gasteiger charge is 2.36. The van der Waals surface area contributed by atoms with Crippen molar-refractivity contribution >= 4 is 12.0 Å². The second kappa shape index (κ2) is 7.38. The SMILES string of the molecule is COC(=O)C1=C(C)N(CC(C)C)C(=O)N[C@@H]1c1ccc(OC)cc1. The van der Waals surface area contributed by atoms with E-state index in [9.17, 15) is 9.59 Å². The van der Waals surface area contributed by atoms with Crippen LogP contribution in [0.4, 0.5) is 4.79 Å². The smallest absolute Gasteiger partial charge is 0.337 e. The maximum Gasteiger partial charge on any atom is 0.337 e. The predicted octanol–water partition coefficient (Wildman–Crippen LogP) is 2.86. The minimum absolute atomic E-state index is 0.213. The van der Waals surface area contributed by atoms with Crippen LogP contribution in [0.2, 0.25) is 0 Å². The van der Waals surface area contributed by atoms with Crippen LogP contribution in [-0.2, 0) is 9.53 Å². The highest BCUT2D eigenvalue weighted by molar-refractivity contribution is 5.95. The van der Waals surface area contributed by atoms with Crippen molar-refractivity contribution < 1.29 is 19.1 Å². The lowest BCUT2D eigenvalue weighted by molar-refractivity contribution is -0.136. The number of rotatable bonds is 5. The predicted molar refractivity (Wildman–Crippen MR) is 90.5 cm³/mol. The van der Waals surface area contributed by atoms with E-state index < -0.39 is 12.0 Å². The van der Waals surface area contributed by atoms with Crippen LogP contribution >= 0.6 is 0 Å². The number of carbonyl (C=O) groups is 2. The summed E-state index contributed by atoms with van der Waals surface area (Å²) >= 11 is 0. The Morgan fingerprint density at radius 2 is 1.88 bits per heavy atom. The Kier molecular flexibility index (Phi) is 5.49. The van der Waals surface area contributed by atoms with Crippen LogP contribution in [0.1, 0.15) is 32.4 Å². The lowest BCUT2D eigenvalue weighted by Gasteiger charge is -2.36. The molecule has 1 atom stereocenters. The van der Waals surface area contributed by atoms with E-state index in [1.54, 1.807) is 31.1 Å². The van der Waals surface area contributed by atoms with Crippen LogP contribution in [0.3, 0.4) is 0 Å². The Morgan fingerprint density at radius 1 is 1.25 bits per heavy atom. The fraction of sp³-hybridized carbons (Fsp3) is 0.444. The monoisotopic (exact) mass is 332 g/mol. The third-order valence-corrected chi connectivity index (χ3v) is 4.00. The Labute approximate surface area is 142 Å². The largest absolute Gasteiger partial charge is 0.497 e. The summed E-state index contributed by atoms with van der Waals surface area (Å²) in [4.78, 5) is 26.4. The molecule has 1 aromatic carbocycles. The molecule has 0 bridgehead atoms. The topological polar surface area (TPSA) is 67.9 Å². The summed E-state index contributed by atoms with van der Waals surface area (Å²) in [7, 11) is 2.93. The first-order valence-electron chi connectivity index (χ1n) is 7.90. The summed E-state index contributed by atoms with van der Waals surface area (Å²) in [6, 6.07) is 6.50. The van der Waals surface area contributed by atoms with E-state index in [1.165, 1.54) is 7.11 Å². The molecular weight excluding hydrogens is 308 g/mol. The number of nitrogens with one attached hydrogen (secondary N) is 1. The van der Waals surface area contributed by atoms with Gasteiger partial charge in [0.25, 0.3) is 0 Å². The number of esters is 1. The summed E-state index contributed by atoms with van der Waals surface area (Å²) < 4.78 is 10.1. The molecule has 1 heterocycles. The lowest BCUT2D eigenvalue weighted by atomic mass is 9.94. The van der Waals surface area contributed by atoms with Gasteiger partial charge in [-0.25, -0.2) is 9.59 Å². The van der Waals surface area contributed by atoms with Crippen LogP contribution in [0.15, 0.2) is 35.5 Å². The van der Waals surface area contributed by atoms with Gasteiger partial charge < -0.3 is 14.8 Å². The van der Waals surface area contributed by atoms with Gasteiger partial charge in [0.05, 0.1) is 25.8 Å². The first-order chi connectivity index (χ1) is 11.4. The fourth-order valence-electron chi connectivity index (χ4n) is 2.79. The average Bonchev–Trinajstić information content (AvgIpc) is 2.57. The highest BCUT2D eigenvalue weighted by Crippen LogP contribution is 2.32. The minimum Gasteiger partial charge on any atom is -0.497 e. The van der Waals surface area contributed by atoms with Gasteiger partial charge in [-0.05, 0) is 30.5 Å². The first-order valence-corrected chi connectivity index (χ1v) is 7.90. The molecule has 0 unspecified atom stereocenters. The number of hydrogen-bond donors (Lipinski definition) is 1. The van der Waals surface area contributed by atoms with Crippen molar-refractivity contribution in [3.8, 4) is 5.75 Å². The summed E-state index contributed by atoms with van der Waals surface area (Å²) in [5, 5.41) is 2.91. The van der Waals surface area contributed by atoms with Crippen molar-refractivity contribution in [3.63, 3.8) is 0 Å². The Morgan fingerprint density at radius 3 is 2.38 bits per heavy atom. The first kappa shape index (κ1) is 17.8. The van der Waals surface area contributed by atoms with E-state index in [-0.39, 0.29) is 11.9 Å². The van der Waals surface area contributed by atoms with E-state index in [2.05, 4.69) is 5.32 Å². The summed E-state index contributed by atoms with van der Waals surface area (Å²) in [5.74, 6) is 0.548. The van der Waals surface area contributed by atoms with Crippen molar-refractivity contribution in [2.45, 2.75) is 26.8 Å². The fourth-order valence-corrected chi connectivity index (χ4v) is 2.79. The molecule has 6 nitrogen and oxygen atoms in total. The molecule has 0 spiro atoms. The molecule has 1 N–H and O–H groups in total. The molecule has 2 rings (SSSR count). The Bertz CT molecular complexity index is 649. The number of amides is 2. The van der Waals surface area contributed by atoms with Crippen LogP contribution in [0, 0.1) is 5.92 Å². The van der Waals surface area contributed by atoms with Gasteiger partial charge in [0.1, 0.15) is 5.75 Å². The molecule has 24 heavy (non-hydrogen) atoms. The molecule has 0 fully saturated rings. The zero-order valence-electron chi connectivity index (χ0n) is 14.8. The minimum atomic E-state index is -0.542. The van der Waals surface area contributed by atoms with Gasteiger partial charge >= 0.3 is 12.0 Å². The maximum absolute atomic E-state index is 12.5. The molecule has 2 amide bonds. The van der Waals surface area contributed by atoms with Gasteiger partial charge in [-0.2, -0.15) is 0 Å². The van der Waals surface area contributed by atoms with Crippen molar-refractivity contribution in [1.82, 2.24) is 10.2 Å². The summed E-state index contributed by atoms with van der Waals surface area (Å²) in [6.07, 6.45) is 0. The van der Waals surface area contributed by atoms with E-state index in [0.29, 0.717) is 23.6 Å². The normalized spacial score (nSPS) is 17.8. The Hall–Kier alpha value is -2.50. The molecule has 130 valence electrons. The molecule has 0 aliphatic carbocycles. The summed E-state index contributed by atoms with van der Waals surface area (Å²) in [6.45, 7) is 6.36. The number of carbonyl (C=O) groups excluding carboxylic acids is 2. The number of urea groups is 1. The molecule has 6 heteroatoms. The zero-order chi connectivity index (χ0) is 17.9. The zero-order valence-corrected chi connectivity index (χ0v) is 14.8. The number of methoxy groups -OCH3 is 2. The van der Waals surface area contributed by atoms with E-state index >= 15 is 0 Å². The van der Waals surface area contributed by atoms with E-state index in [1.807, 2.05) is 26.0 Å². The van der Waals surface area contributed by atoms with Crippen LogP contribution in [0.5, 0.6) is 5.75 Å². The van der Waals surface area contributed by atoms with E-state index in [0.717, 1.165) is 5.56 Å². The standard InChI is InChI=1S/C18H24N2O4/c1-11(2)10-20-12(3)15(17(21)24-5)16(19-18(20)22)13-6-8-14(23-4)9-7-13/h6-9,11,16H,10H2,1-5H3,(H,19,22)/t16-/m1/s1. The molecule has 1 aliphatic rings. The molecule has 0 saturated carbocycles.